The van der Waals surface area contributed by atoms with Gasteiger partial charge in [-0.3, -0.25) is 0 Å². The number of rotatable bonds is 6. The molecule has 0 heterocycles. The molecule has 1 aromatic carbocycles. The second-order valence-electron chi connectivity index (χ2n) is 4.35. The molecule has 1 N–H and O–H groups in total. The second-order valence-corrected chi connectivity index (χ2v) is 5.21. The van der Waals surface area contributed by atoms with Gasteiger partial charge in [0.15, 0.2) is 0 Å². The van der Waals surface area contributed by atoms with Crippen LogP contribution in [0.15, 0.2) is 16.6 Å². The monoisotopic (exact) mass is 317 g/mol. The average molecular weight is 318 g/mol. The van der Waals surface area contributed by atoms with E-state index >= 15 is 0 Å². The highest BCUT2D eigenvalue weighted by atomic mass is 79.9. The van der Waals surface area contributed by atoms with Gasteiger partial charge >= 0.3 is 0 Å². The Hall–Kier alpha value is -0.610. The molecule has 0 bridgehead atoms. The molecule has 0 aliphatic rings. The number of hydrogen-bond acceptors (Lipinski definition) is 2. The predicted octanol–water partition coefficient (Wildman–Crippen LogP) is 4.29. The van der Waals surface area contributed by atoms with E-state index in [1.807, 2.05) is 13.1 Å². The van der Waals surface area contributed by atoms with Crippen molar-refractivity contribution in [3.05, 3.63) is 28.0 Å². The van der Waals surface area contributed by atoms with Gasteiger partial charge in [0.25, 0.3) is 0 Å². The van der Waals surface area contributed by atoms with Crippen LogP contribution in [0.25, 0.3) is 0 Å². The Kier molecular flexibility index (Phi) is 6.09. The zero-order chi connectivity index (χ0) is 13.7. The Balaban J connectivity index is 3.23. The summed E-state index contributed by atoms with van der Waals surface area (Å²) in [5.74, 6) is 0.804. The molecule has 4 heteroatoms. The first kappa shape index (κ1) is 15.4. The molecule has 0 saturated heterocycles. The van der Waals surface area contributed by atoms with E-state index in [0.29, 0.717) is 16.1 Å². The van der Waals surface area contributed by atoms with E-state index in [0.717, 1.165) is 18.4 Å². The van der Waals surface area contributed by atoms with Gasteiger partial charge in [-0.25, -0.2) is 4.39 Å². The van der Waals surface area contributed by atoms with Gasteiger partial charge in [-0.05, 0) is 35.0 Å². The van der Waals surface area contributed by atoms with Crippen LogP contribution < -0.4 is 10.1 Å². The molecular formula is C14H21BrFNO. The number of hydrogen-bond donors (Lipinski definition) is 1. The summed E-state index contributed by atoms with van der Waals surface area (Å²) in [4.78, 5) is 0. The van der Waals surface area contributed by atoms with E-state index in [2.05, 4.69) is 35.1 Å². The molecule has 18 heavy (non-hydrogen) atoms. The van der Waals surface area contributed by atoms with Gasteiger partial charge < -0.3 is 10.1 Å². The highest BCUT2D eigenvalue weighted by Gasteiger charge is 2.23. The lowest BCUT2D eigenvalue weighted by Gasteiger charge is -2.27. The van der Waals surface area contributed by atoms with Crippen molar-refractivity contribution in [2.24, 2.45) is 5.92 Å². The fourth-order valence-electron chi connectivity index (χ4n) is 2.37. The first-order valence-corrected chi connectivity index (χ1v) is 7.08. The molecule has 0 radical (unpaired) electrons. The van der Waals surface area contributed by atoms with Gasteiger partial charge in [-0.2, -0.15) is 0 Å². The maximum absolute atomic E-state index is 13.5. The topological polar surface area (TPSA) is 21.3 Å². The standard InChI is InChI=1S/C14H21BrFNO/c1-5-9(6-2)14(17-3)10-7-11(15)12(16)8-13(10)18-4/h7-9,14,17H,5-6H2,1-4H3. The van der Waals surface area contributed by atoms with Gasteiger partial charge in [0, 0.05) is 17.7 Å². The molecule has 0 aromatic heterocycles. The summed E-state index contributed by atoms with van der Waals surface area (Å²) in [6.07, 6.45) is 2.14. The summed E-state index contributed by atoms with van der Waals surface area (Å²) < 4.78 is 19.3. The van der Waals surface area contributed by atoms with Crippen molar-refractivity contribution < 1.29 is 9.13 Å². The number of nitrogens with one attached hydrogen (secondary N) is 1. The smallest absolute Gasteiger partial charge is 0.141 e. The first-order chi connectivity index (χ1) is 8.58. The van der Waals surface area contributed by atoms with E-state index in [4.69, 9.17) is 4.74 Å². The van der Waals surface area contributed by atoms with Crippen molar-refractivity contribution in [2.45, 2.75) is 32.7 Å². The van der Waals surface area contributed by atoms with E-state index < -0.39 is 0 Å². The maximum atomic E-state index is 13.5. The van der Waals surface area contributed by atoms with Crippen LogP contribution in [0.3, 0.4) is 0 Å². The van der Waals surface area contributed by atoms with Crippen molar-refractivity contribution in [3.63, 3.8) is 0 Å². The molecule has 0 amide bonds. The van der Waals surface area contributed by atoms with Crippen LogP contribution in [0.4, 0.5) is 4.39 Å². The number of methoxy groups -OCH3 is 1. The Morgan fingerprint density at radius 1 is 1.33 bits per heavy atom. The Bertz CT molecular complexity index is 394. The molecule has 0 fully saturated rings. The van der Waals surface area contributed by atoms with Crippen LogP contribution in [-0.2, 0) is 0 Å². The largest absolute Gasteiger partial charge is 0.496 e. The molecule has 102 valence electrons. The van der Waals surface area contributed by atoms with Crippen molar-refractivity contribution in [1.82, 2.24) is 5.32 Å². The molecule has 1 unspecified atom stereocenters. The minimum absolute atomic E-state index is 0.173. The molecule has 1 aromatic rings. The maximum Gasteiger partial charge on any atom is 0.141 e. The zero-order valence-electron chi connectivity index (χ0n) is 11.4. The molecule has 2 nitrogen and oxygen atoms in total. The van der Waals surface area contributed by atoms with Crippen LogP contribution in [0.5, 0.6) is 5.75 Å². The molecule has 0 saturated carbocycles. The second kappa shape index (κ2) is 7.10. The van der Waals surface area contributed by atoms with E-state index in [1.165, 1.54) is 6.07 Å². The summed E-state index contributed by atoms with van der Waals surface area (Å²) in [5, 5.41) is 3.32. The van der Waals surface area contributed by atoms with E-state index in [1.54, 1.807) is 7.11 Å². The fraction of sp³-hybridized carbons (Fsp3) is 0.571. The van der Waals surface area contributed by atoms with Gasteiger partial charge in [0.05, 0.1) is 11.6 Å². The number of ether oxygens (including phenoxy) is 1. The molecule has 0 spiro atoms. The molecule has 0 aliphatic carbocycles. The van der Waals surface area contributed by atoms with E-state index in [9.17, 15) is 4.39 Å². The third-order valence-corrected chi connectivity index (χ3v) is 4.05. The highest BCUT2D eigenvalue weighted by Crippen LogP contribution is 2.36. The van der Waals surface area contributed by atoms with Crippen molar-refractivity contribution in [3.8, 4) is 5.75 Å². The highest BCUT2D eigenvalue weighted by molar-refractivity contribution is 9.10. The number of benzene rings is 1. The van der Waals surface area contributed by atoms with Crippen LogP contribution in [0, 0.1) is 11.7 Å². The SMILES string of the molecule is CCC(CC)C(NC)c1cc(Br)c(F)cc1OC. The van der Waals surface area contributed by atoms with Crippen LogP contribution >= 0.6 is 15.9 Å². The zero-order valence-corrected chi connectivity index (χ0v) is 13.0. The summed E-state index contributed by atoms with van der Waals surface area (Å²) in [6.45, 7) is 4.34. The van der Waals surface area contributed by atoms with Crippen LogP contribution in [-0.4, -0.2) is 14.2 Å². The quantitative estimate of drug-likeness (QED) is 0.845. The van der Waals surface area contributed by atoms with E-state index in [-0.39, 0.29) is 11.9 Å². The van der Waals surface area contributed by atoms with Crippen molar-refractivity contribution >= 4 is 15.9 Å². The summed E-state index contributed by atoms with van der Waals surface area (Å²) >= 11 is 3.24. The first-order valence-electron chi connectivity index (χ1n) is 6.29. The third-order valence-electron chi connectivity index (χ3n) is 3.44. The van der Waals surface area contributed by atoms with Gasteiger partial charge in [0.2, 0.25) is 0 Å². The van der Waals surface area contributed by atoms with Crippen LogP contribution in [0.1, 0.15) is 38.3 Å². The molecule has 0 aliphatic heterocycles. The molecular weight excluding hydrogens is 297 g/mol. The van der Waals surface area contributed by atoms with Gasteiger partial charge in [0.1, 0.15) is 11.6 Å². The summed E-state index contributed by atoms with van der Waals surface area (Å²) in [7, 11) is 3.51. The average Bonchev–Trinajstić information content (AvgIpc) is 2.38. The Labute approximate surface area is 117 Å². The predicted molar refractivity (Wildman–Crippen MR) is 76.5 cm³/mol. The van der Waals surface area contributed by atoms with Crippen molar-refractivity contribution in [1.29, 1.82) is 0 Å². The fourth-order valence-corrected chi connectivity index (χ4v) is 2.73. The summed E-state index contributed by atoms with van der Waals surface area (Å²) in [5.41, 5.74) is 1.00. The lowest BCUT2D eigenvalue weighted by molar-refractivity contribution is 0.338. The minimum atomic E-state index is -0.296. The number of halogens is 2. The lowest BCUT2D eigenvalue weighted by atomic mass is 9.88. The molecule has 1 atom stereocenters. The normalized spacial score (nSPS) is 12.8. The summed E-state index contributed by atoms with van der Waals surface area (Å²) in [6, 6.07) is 3.42. The Morgan fingerprint density at radius 2 is 1.94 bits per heavy atom. The Morgan fingerprint density at radius 3 is 2.39 bits per heavy atom. The lowest BCUT2D eigenvalue weighted by Crippen LogP contribution is -2.25. The van der Waals surface area contributed by atoms with Crippen molar-refractivity contribution in [2.75, 3.05) is 14.2 Å². The molecule has 1 rings (SSSR count). The van der Waals surface area contributed by atoms with Gasteiger partial charge in [-0.15, -0.1) is 0 Å². The van der Waals surface area contributed by atoms with Gasteiger partial charge in [-0.1, -0.05) is 26.7 Å². The minimum Gasteiger partial charge on any atom is -0.496 e. The van der Waals surface area contributed by atoms with Crippen LogP contribution in [0.2, 0.25) is 0 Å². The third kappa shape index (κ3) is 3.23.